The van der Waals surface area contributed by atoms with Gasteiger partial charge in [-0.05, 0) is 124 Å². The molecule has 2 aliphatic rings. The molecule has 6 aromatic rings. The first-order valence-corrected chi connectivity index (χ1v) is 23.6. The van der Waals surface area contributed by atoms with E-state index >= 15 is 8.78 Å². The minimum Gasteiger partial charge on any atom is -0.488 e. The average Bonchev–Trinajstić information content (AvgIpc) is 3.35. The second-order valence-electron chi connectivity index (χ2n) is 18.1. The molecule has 0 aliphatic carbocycles. The number of ether oxygens (including phenoxy) is 4. The van der Waals surface area contributed by atoms with E-state index in [1.807, 2.05) is 38.1 Å². The predicted octanol–water partition coefficient (Wildman–Crippen LogP) is 11.8. The Labute approximate surface area is 398 Å². The number of pyridine rings is 2. The molecule has 8 rings (SSSR count). The molecule has 2 fully saturated rings. The lowest BCUT2D eigenvalue weighted by Crippen LogP contribution is -2.36. The lowest BCUT2D eigenvalue weighted by Gasteiger charge is -2.33. The van der Waals surface area contributed by atoms with Gasteiger partial charge in [0.05, 0.1) is 11.1 Å². The van der Waals surface area contributed by atoms with Crippen LogP contribution in [0.4, 0.5) is 8.78 Å². The number of hydrogen-bond donors (Lipinski definition) is 0. The Kier molecular flexibility index (Phi) is 15.6. The lowest BCUT2D eigenvalue weighted by molar-refractivity contribution is 0.149. The minimum atomic E-state index is -0.466. The number of benzene rings is 4. The topological polar surface area (TPSA) is 117 Å². The van der Waals surface area contributed by atoms with Gasteiger partial charge < -0.3 is 18.9 Å². The van der Waals surface area contributed by atoms with Gasteiger partial charge in [0.15, 0.2) is 23.1 Å². The molecule has 4 aromatic carbocycles. The van der Waals surface area contributed by atoms with Crippen molar-refractivity contribution in [2.45, 2.75) is 118 Å². The van der Waals surface area contributed by atoms with Crippen LogP contribution in [0.25, 0.3) is 11.1 Å². The third-order valence-electron chi connectivity index (χ3n) is 13.4. The number of piperidine rings is 2. The Balaban J connectivity index is 0.993. The summed E-state index contributed by atoms with van der Waals surface area (Å²) in [6, 6.07) is 26.8. The molecule has 0 unspecified atom stereocenters. The van der Waals surface area contributed by atoms with E-state index in [0.717, 1.165) is 94.4 Å². The molecule has 4 heterocycles. The van der Waals surface area contributed by atoms with Crippen LogP contribution in [-0.2, 0) is 39.5 Å². The maximum Gasteiger partial charge on any atom is 0.165 e. The number of nitriles is 2. The number of nitrogens with zero attached hydrogens (tertiary/aromatic N) is 6. The van der Waals surface area contributed by atoms with E-state index in [-0.39, 0.29) is 37.9 Å². The normalized spacial score (nSPS) is 16.4. The molecule has 0 bridgehead atoms. The second kappa shape index (κ2) is 22.3. The molecule has 0 amide bonds. The molecular formula is C56H58F2N6O4. The van der Waals surface area contributed by atoms with Gasteiger partial charge in [0.1, 0.15) is 50.1 Å². The van der Waals surface area contributed by atoms with Gasteiger partial charge in [0.2, 0.25) is 0 Å². The molecule has 68 heavy (non-hydrogen) atoms. The number of hydrogen-bond acceptors (Lipinski definition) is 10. The van der Waals surface area contributed by atoms with Gasteiger partial charge in [-0.2, -0.15) is 10.5 Å². The van der Waals surface area contributed by atoms with E-state index in [4.69, 9.17) is 18.9 Å². The molecule has 0 radical (unpaired) electrons. The van der Waals surface area contributed by atoms with Crippen LogP contribution in [0.15, 0.2) is 97.6 Å². The summed E-state index contributed by atoms with van der Waals surface area (Å²) in [5, 5.41) is 18.8. The molecule has 350 valence electrons. The maximum atomic E-state index is 16.0. The van der Waals surface area contributed by atoms with Crippen LogP contribution in [0.3, 0.4) is 0 Å². The zero-order valence-electron chi connectivity index (χ0n) is 39.4. The number of rotatable bonds is 17. The van der Waals surface area contributed by atoms with Crippen LogP contribution in [0.1, 0.15) is 108 Å². The molecule has 2 atom stereocenters. The van der Waals surface area contributed by atoms with Crippen molar-refractivity contribution in [2.75, 3.05) is 13.1 Å². The van der Waals surface area contributed by atoms with Gasteiger partial charge in [-0.25, -0.2) is 8.78 Å². The minimum absolute atomic E-state index is 0.0829. The van der Waals surface area contributed by atoms with Gasteiger partial charge in [-0.1, -0.05) is 49.2 Å². The van der Waals surface area contributed by atoms with Crippen LogP contribution in [0.5, 0.6) is 23.0 Å². The first-order chi connectivity index (χ1) is 33.1. The molecular weight excluding hydrogens is 859 g/mol. The summed E-state index contributed by atoms with van der Waals surface area (Å²) in [7, 11) is 0. The quantitative estimate of drug-likeness (QED) is 0.0875. The molecule has 0 N–H and O–H groups in total. The van der Waals surface area contributed by atoms with Gasteiger partial charge in [0.25, 0.3) is 0 Å². The fraction of sp³-hybridized carbons (Fsp3) is 0.357. The van der Waals surface area contributed by atoms with Crippen molar-refractivity contribution in [1.82, 2.24) is 19.8 Å². The summed E-state index contributed by atoms with van der Waals surface area (Å²) in [5.41, 5.74) is 9.53. The highest BCUT2D eigenvalue weighted by atomic mass is 19.1. The van der Waals surface area contributed by atoms with Crippen molar-refractivity contribution in [3.05, 3.63) is 165 Å². The van der Waals surface area contributed by atoms with Crippen molar-refractivity contribution in [1.29, 1.82) is 10.5 Å². The number of aromatic nitrogens is 2. The van der Waals surface area contributed by atoms with Gasteiger partial charge in [-0.3, -0.25) is 19.8 Å². The Morgan fingerprint density at radius 1 is 0.544 bits per heavy atom. The molecule has 2 aromatic heterocycles. The van der Waals surface area contributed by atoms with Crippen molar-refractivity contribution < 1.29 is 27.7 Å². The fourth-order valence-corrected chi connectivity index (χ4v) is 9.26. The first-order valence-electron chi connectivity index (χ1n) is 23.6. The Bertz CT molecular complexity index is 2630. The van der Waals surface area contributed by atoms with E-state index in [1.54, 1.807) is 36.7 Å². The van der Waals surface area contributed by atoms with Gasteiger partial charge >= 0.3 is 0 Å². The van der Waals surface area contributed by atoms with Crippen LogP contribution in [0.2, 0.25) is 0 Å². The summed E-state index contributed by atoms with van der Waals surface area (Å²) in [6.45, 7) is 12.0. The standard InChI is InChI=1S/C56H58F2N6O4/c1-37-11-5-7-17-63(37)31-47-21-51(57)55(23-53(47)65-33-43-19-41(25-59)27-61-29-43)67-35-45-13-9-15-49(39(45)3)50-16-10-14-46(40(50)4)36-68-56-24-54(66-34-44-20-42(26-60)28-62-30-44)48(22-52(56)58)32-64-18-8-6-12-38(64)2/h9-10,13-16,19-24,27-30,37-38H,5-8,11-12,17-18,31-36H2,1-4H3/t37-,38-/m1/s1. The van der Waals surface area contributed by atoms with E-state index in [2.05, 4.69) is 57.9 Å². The number of halogens is 2. The zero-order chi connectivity index (χ0) is 47.6. The average molecular weight is 917 g/mol. The third kappa shape index (κ3) is 11.6. The van der Waals surface area contributed by atoms with Gasteiger partial charge in [0, 0.05) is 84.3 Å². The molecule has 2 saturated heterocycles. The Morgan fingerprint density at radius 3 is 1.38 bits per heavy atom. The Morgan fingerprint density at radius 2 is 0.971 bits per heavy atom. The first kappa shape index (κ1) is 47.6. The summed E-state index contributed by atoms with van der Waals surface area (Å²) >= 11 is 0. The molecule has 12 heteroatoms. The van der Waals surface area contributed by atoms with Crippen LogP contribution >= 0.6 is 0 Å². The molecule has 10 nitrogen and oxygen atoms in total. The highest BCUT2D eigenvalue weighted by Crippen LogP contribution is 2.36. The second-order valence-corrected chi connectivity index (χ2v) is 18.1. The maximum absolute atomic E-state index is 16.0. The molecule has 2 aliphatic heterocycles. The smallest absolute Gasteiger partial charge is 0.165 e. The van der Waals surface area contributed by atoms with E-state index in [1.165, 1.54) is 37.4 Å². The van der Waals surface area contributed by atoms with Crippen LogP contribution < -0.4 is 18.9 Å². The summed E-state index contributed by atoms with van der Waals surface area (Å²) in [5.74, 6) is 0.276. The molecule has 0 saturated carbocycles. The van der Waals surface area contributed by atoms with E-state index < -0.39 is 11.6 Å². The SMILES string of the molecule is Cc1c(COc2cc(OCc3cncc(C#N)c3)c(CN3CCCC[C@H]3C)cc2F)cccc1-c1cccc(COc2cc(OCc3cncc(C#N)c3)c(CN3CCCC[C@H]3C)cc2F)c1C. The van der Waals surface area contributed by atoms with E-state index in [0.29, 0.717) is 47.8 Å². The largest absolute Gasteiger partial charge is 0.488 e. The zero-order valence-corrected chi connectivity index (χ0v) is 39.4. The monoisotopic (exact) mass is 916 g/mol. The van der Waals surface area contributed by atoms with Crippen LogP contribution in [-0.4, -0.2) is 44.9 Å². The number of likely N-dealkylation sites (tertiary alicyclic amines) is 2. The fourth-order valence-electron chi connectivity index (χ4n) is 9.26. The van der Waals surface area contributed by atoms with Gasteiger partial charge in [-0.15, -0.1) is 0 Å². The highest BCUT2D eigenvalue weighted by Gasteiger charge is 2.24. The van der Waals surface area contributed by atoms with E-state index in [9.17, 15) is 10.5 Å². The summed E-state index contributed by atoms with van der Waals surface area (Å²) in [4.78, 5) is 13.1. The van der Waals surface area contributed by atoms with Crippen LogP contribution in [0, 0.1) is 48.1 Å². The lowest BCUT2D eigenvalue weighted by atomic mass is 9.92. The van der Waals surface area contributed by atoms with Crippen molar-refractivity contribution in [3.63, 3.8) is 0 Å². The summed E-state index contributed by atoms with van der Waals surface area (Å²) in [6.07, 6.45) is 13.1. The van der Waals surface area contributed by atoms with Crippen molar-refractivity contribution in [3.8, 4) is 46.3 Å². The van der Waals surface area contributed by atoms with Crippen molar-refractivity contribution in [2.24, 2.45) is 0 Å². The Hall–Kier alpha value is -6.86. The predicted molar refractivity (Wildman–Crippen MR) is 257 cm³/mol. The summed E-state index contributed by atoms with van der Waals surface area (Å²) < 4.78 is 57.2. The highest BCUT2D eigenvalue weighted by molar-refractivity contribution is 5.72. The third-order valence-corrected chi connectivity index (χ3v) is 13.4. The molecule has 0 spiro atoms. The van der Waals surface area contributed by atoms with Crippen molar-refractivity contribution >= 4 is 0 Å².